The highest BCUT2D eigenvalue weighted by atomic mass is 16.2. The molecule has 5 heteroatoms. The third kappa shape index (κ3) is 4.50. The van der Waals surface area contributed by atoms with Crippen molar-refractivity contribution < 1.29 is 9.59 Å². The summed E-state index contributed by atoms with van der Waals surface area (Å²) in [5.41, 5.74) is 0. The smallest absolute Gasteiger partial charge is 0.224 e. The molecule has 0 aromatic carbocycles. The summed E-state index contributed by atoms with van der Waals surface area (Å²) in [6.45, 7) is 7.94. The van der Waals surface area contributed by atoms with Crippen molar-refractivity contribution >= 4 is 11.8 Å². The third-order valence-corrected chi connectivity index (χ3v) is 6.04. The topological polar surface area (TPSA) is 43.9 Å². The maximum atomic E-state index is 12.7. The number of piperidine rings is 1. The maximum Gasteiger partial charge on any atom is 0.224 e. The minimum Gasteiger partial charge on any atom is -0.341 e. The first kappa shape index (κ1) is 17.7. The Bertz CT molecular complexity index is 450. The number of likely N-dealkylation sites (tertiary alicyclic amines) is 1. The van der Waals surface area contributed by atoms with Crippen molar-refractivity contribution in [2.45, 2.75) is 64.3 Å². The number of carbonyl (C=O) groups is 2. The van der Waals surface area contributed by atoms with Gasteiger partial charge in [0.05, 0.1) is 0 Å². The van der Waals surface area contributed by atoms with Gasteiger partial charge in [-0.15, -0.1) is 0 Å². The van der Waals surface area contributed by atoms with Crippen molar-refractivity contribution in [2.24, 2.45) is 5.92 Å². The summed E-state index contributed by atoms with van der Waals surface area (Å²) in [5, 5.41) is 0. The fraction of sp³-hybridized carbons (Fsp3) is 0.895. The maximum absolute atomic E-state index is 12.7. The SMILES string of the molecule is CC(CC(=O)N1CCCN(CC2CCC2)CC1)N1CCCCC1=O. The number of rotatable bonds is 5. The van der Waals surface area contributed by atoms with Gasteiger partial charge >= 0.3 is 0 Å². The standard InChI is InChI=1S/C19H33N3O2/c1-16(22-11-3-2-8-18(22)23)14-19(24)21-10-5-9-20(12-13-21)15-17-6-4-7-17/h16-17H,2-15H2,1H3. The van der Waals surface area contributed by atoms with E-state index >= 15 is 0 Å². The molecule has 1 aliphatic carbocycles. The lowest BCUT2D eigenvalue weighted by Gasteiger charge is -2.33. The summed E-state index contributed by atoms with van der Waals surface area (Å²) in [5.74, 6) is 1.35. The Labute approximate surface area is 146 Å². The predicted molar refractivity (Wildman–Crippen MR) is 94.6 cm³/mol. The lowest BCUT2D eigenvalue weighted by atomic mass is 9.85. The Morgan fingerprint density at radius 3 is 2.58 bits per heavy atom. The molecule has 3 aliphatic rings. The van der Waals surface area contributed by atoms with E-state index in [0.29, 0.717) is 12.8 Å². The van der Waals surface area contributed by atoms with E-state index in [1.54, 1.807) is 0 Å². The Balaban J connectivity index is 1.44. The van der Waals surface area contributed by atoms with E-state index in [0.717, 1.165) is 57.9 Å². The molecule has 1 atom stereocenters. The van der Waals surface area contributed by atoms with Crippen LogP contribution in [-0.2, 0) is 9.59 Å². The molecule has 0 radical (unpaired) electrons. The highest BCUT2D eigenvalue weighted by molar-refractivity contribution is 5.80. The largest absolute Gasteiger partial charge is 0.341 e. The van der Waals surface area contributed by atoms with Crippen LogP contribution in [0.25, 0.3) is 0 Å². The molecule has 5 nitrogen and oxygen atoms in total. The van der Waals surface area contributed by atoms with E-state index in [4.69, 9.17) is 0 Å². The first-order chi connectivity index (χ1) is 11.6. The second kappa shape index (κ2) is 8.32. The van der Waals surface area contributed by atoms with E-state index in [-0.39, 0.29) is 17.9 Å². The van der Waals surface area contributed by atoms with Crippen LogP contribution in [0.1, 0.15) is 58.3 Å². The normalized spacial score (nSPS) is 25.3. The molecule has 0 bridgehead atoms. The highest BCUT2D eigenvalue weighted by Gasteiger charge is 2.28. The fourth-order valence-electron chi connectivity index (χ4n) is 4.23. The van der Waals surface area contributed by atoms with Crippen LogP contribution in [0, 0.1) is 5.92 Å². The van der Waals surface area contributed by atoms with Crippen molar-refractivity contribution in [1.29, 1.82) is 0 Å². The molecule has 2 saturated heterocycles. The van der Waals surface area contributed by atoms with Gasteiger partial charge in [-0.3, -0.25) is 9.59 Å². The van der Waals surface area contributed by atoms with Crippen LogP contribution in [-0.4, -0.2) is 71.8 Å². The monoisotopic (exact) mass is 335 g/mol. The van der Waals surface area contributed by atoms with Crippen LogP contribution >= 0.6 is 0 Å². The molecular formula is C19H33N3O2. The molecule has 136 valence electrons. The Morgan fingerprint density at radius 2 is 1.88 bits per heavy atom. The van der Waals surface area contributed by atoms with Crippen molar-refractivity contribution in [3.8, 4) is 0 Å². The van der Waals surface area contributed by atoms with Gasteiger partial charge in [0.1, 0.15) is 0 Å². The molecular weight excluding hydrogens is 302 g/mol. The van der Waals surface area contributed by atoms with Gasteiger partial charge in [-0.2, -0.15) is 0 Å². The fourth-order valence-corrected chi connectivity index (χ4v) is 4.23. The van der Waals surface area contributed by atoms with Gasteiger partial charge in [-0.1, -0.05) is 6.42 Å². The summed E-state index contributed by atoms with van der Waals surface area (Å²) in [6, 6.07) is 0.0413. The molecule has 2 heterocycles. The van der Waals surface area contributed by atoms with Gasteiger partial charge < -0.3 is 14.7 Å². The average molecular weight is 335 g/mol. The first-order valence-electron chi connectivity index (χ1n) is 9.93. The van der Waals surface area contributed by atoms with E-state index in [1.165, 1.54) is 25.8 Å². The average Bonchev–Trinajstić information content (AvgIpc) is 2.77. The van der Waals surface area contributed by atoms with Gasteiger partial charge in [-0.05, 0) is 51.5 Å². The van der Waals surface area contributed by atoms with E-state index in [9.17, 15) is 9.59 Å². The van der Waals surface area contributed by atoms with E-state index in [2.05, 4.69) is 4.90 Å². The number of hydrogen-bond donors (Lipinski definition) is 0. The van der Waals surface area contributed by atoms with Gasteiger partial charge in [0, 0.05) is 51.6 Å². The van der Waals surface area contributed by atoms with Crippen LogP contribution in [0.3, 0.4) is 0 Å². The quantitative estimate of drug-likeness (QED) is 0.773. The lowest BCUT2D eigenvalue weighted by molar-refractivity contribution is -0.138. The molecule has 0 spiro atoms. The molecule has 1 unspecified atom stereocenters. The van der Waals surface area contributed by atoms with E-state index < -0.39 is 0 Å². The van der Waals surface area contributed by atoms with E-state index in [1.807, 2.05) is 16.7 Å². The molecule has 2 aliphatic heterocycles. The first-order valence-corrected chi connectivity index (χ1v) is 9.93. The molecule has 0 aromatic heterocycles. The summed E-state index contributed by atoms with van der Waals surface area (Å²) in [7, 11) is 0. The van der Waals surface area contributed by atoms with Crippen molar-refractivity contribution in [3.05, 3.63) is 0 Å². The molecule has 3 fully saturated rings. The van der Waals surface area contributed by atoms with Crippen molar-refractivity contribution in [1.82, 2.24) is 14.7 Å². The predicted octanol–water partition coefficient (Wildman–Crippen LogP) is 2.11. The van der Waals surface area contributed by atoms with Gasteiger partial charge in [0.15, 0.2) is 0 Å². The summed E-state index contributed by atoms with van der Waals surface area (Å²) < 4.78 is 0. The van der Waals surface area contributed by atoms with Gasteiger partial charge in [0.2, 0.25) is 11.8 Å². The molecule has 1 saturated carbocycles. The molecule has 3 rings (SSSR count). The molecule has 0 aromatic rings. The van der Waals surface area contributed by atoms with Crippen LogP contribution < -0.4 is 0 Å². The third-order valence-electron chi connectivity index (χ3n) is 6.04. The lowest BCUT2D eigenvalue weighted by Crippen LogP contribution is -2.45. The molecule has 2 amide bonds. The number of nitrogens with zero attached hydrogens (tertiary/aromatic N) is 3. The molecule has 0 N–H and O–H groups in total. The second-order valence-electron chi connectivity index (χ2n) is 7.93. The second-order valence-corrected chi connectivity index (χ2v) is 7.93. The Hall–Kier alpha value is -1.10. The van der Waals surface area contributed by atoms with Crippen LogP contribution in [0.2, 0.25) is 0 Å². The number of carbonyl (C=O) groups excluding carboxylic acids is 2. The van der Waals surface area contributed by atoms with Crippen LogP contribution in [0.4, 0.5) is 0 Å². The van der Waals surface area contributed by atoms with Gasteiger partial charge in [0.25, 0.3) is 0 Å². The summed E-state index contributed by atoms with van der Waals surface area (Å²) in [6.07, 6.45) is 8.46. The number of hydrogen-bond acceptors (Lipinski definition) is 3. The number of amides is 2. The zero-order chi connectivity index (χ0) is 16.9. The zero-order valence-electron chi connectivity index (χ0n) is 15.2. The minimum atomic E-state index is 0.0413. The Morgan fingerprint density at radius 1 is 1.04 bits per heavy atom. The van der Waals surface area contributed by atoms with Crippen LogP contribution in [0.5, 0.6) is 0 Å². The summed E-state index contributed by atoms with van der Waals surface area (Å²) >= 11 is 0. The van der Waals surface area contributed by atoms with Crippen molar-refractivity contribution in [2.75, 3.05) is 39.3 Å². The Kier molecular flexibility index (Phi) is 6.14. The van der Waals surface area contributed by atoms with Crippen LogP contribution in [0.15, 0.2) is 0 Å². The zero-order valence-corrected chi connectivity index (χ0v) is 15.2. The minimum absolute atomic E-state index is 0.0413. The van der Waals surface area contributed by atoms with Crippen molar-refractivity contribution in [3.63, 3.8) is 0 Å². The van der Waals surface area contributed by atoms with Gasteiger partial charge in [-0.25, -0.2) is 0 Å². The highest BCUT2D eigenvalue weighted by Crippen LogP contribution is 2.27. The molecule has 24 heavy (non-hydrogen) atoms. The summed E-state index contributed by atoms with van der Waals surface area (Å²) in [4.78, 5) is 31.2.